The number of benzene rings is 3. The maximum Gasteiger partial charge on any atom is 0.243 e. The molecule has 36 heavy (non-hydrogen) atoms. The molecule has 2 heterocycles. The second-order valence-corrected chi connectivity index (χ2v) is 10.6. The minimum absolute atomic E-state index is 0.116. The lowest BCUT2D eigenvalue weighted by molar-refractivity contribution is -0.115. The van der Waals surface area contributed by atoms with Gasteiger partial charge in [0.25, 0.3) is 0 Å². The lowest BCUT2D eigenvalue weighted by atomic mass is 10.0. The van der Waals surface area contributed by atoms with Crippen molar-refractivity contribution in [1.29, 1.82) is 0 Å². The third-order valence-corrected chi connectivity index (χ3v) is 8.29. The summed E-state index contributed by atoms with van der Waals surface area (Å²) in [5.74, 6) is 0.613. The third-order valence-electron chi connectivity index (χ3n) is 6.38. The van der Waals surface area contributed by atoms with Gasteiger partial charge in [0.2, 0.25) is 15.9 Å². The minimum atomic E-state index is -3.62. The number of aromatic nitrogens is 2. The predicted molar refractivity (Wildman–Crippen MR) is 141 cm³/mol. The van der Waals surface area contributed by atoms with Gasteiger partial charge in [0.15, 0.2) is 5.82 Å². The number of fused-ring (bicyclic) bond motifs is 1. The monoisotopic (exact) mass is 501 g/mol. The molecule has 0 unspecified atom stereocenters. The predicted octanol–water partition coefficient (Wildman–Crippen LogP) is 4.16. The molecule has 1 saturated heterocycles. The van der Waals surface area contributed by atoms with Gasteiger partial charge in [-0.25, -0.2) is 8.42 Å². The van der Waals surface area contributed by atoms with Crippen LogP contribution in [0.4, 0.5) is 11.5 Å². The van der Waals surface area contributed by atoms with E-state index in [1.165, 1.54) is 16.4 Å². The maximum atomic E-state index is 13.1. The van der Waals surface area contributed by atoms with Crippen molar-refractivity contribution in [2.24, 2.45) is 0 Å². The zero-order chi connectivity index (χ0) is 25.1. The highest BCUT2D eigenvalue weighted by Gasteiger charge is 2.29. The second kappa shape index (κ2) is 10.0. The summed E-state index contributed by atoms with van der Waals surface area (Å²) in [4.78, 5) is 13.8. The Bertz CT molecular complexity index is 1480. The Hall–Kier alpha value is -3.82. The molecule has 0 radical (unpaired) electrons. The molecular formula is C27H27N5O3S. The van der Waals surface area contributed by atoms with Crippen LogP contribution in [0.5, 0.6) is 0 Å². The van der Waals surface area contributed by atoms with Crippen LogP contribution < -0.4 is 10.2 Å². The fraction of sp³-hybridized carbons (Fsp3) is 0.222. The Morgan fingerprint density at radius 3 is 2.28 bits per heavy atom. The van der Waals surface area contributed by atoms with E-state index in [4.69, 9.17) is 0 Å². The number of rotatable bonds is 6. The Morgan fingerprint density at radius 2 is 1.58 bits per heavy atom. The molecule has 0 saturated carbocycles. The Kier molecular flexibility index (Phi) is 6.67. The highest BCUT2D eigenvalue weighted by molar-refractivity contribution is 7.89. The molecule has 5 rings (SSSR count). The molecule has 1 amide bonds. The van der Waals surface area contributed by atoms with E-state index >= 15 is 0 Å². The van der Waals surface area contributed by atoms with Crippen molar-refractivity contribution < 1.29 is 13.2 Å². The third kappa shape index (κ3) is 4.80. The van der Waals surface area contributed by atoms with Gasteiger partial charge in [-0.15, -0.1) is 10.2 Å². The van der Waals surface area contributed by atoms with Crippen LogP contribution in [0, 0.1) is 0 Å². The number of nitrogens with one attached hydrogen (secondary N) is 1. The van der Waals surface area contributed by atoms with Gasteiger partial charge in [-0.05, 0) is 47.2 Å². The van der Waals surface area contributed by atoms with Gasteiger partial charge in [-0.2, -0.15) is 4.31 Å². The van der Waals surface area contributed by atoms with Crippen LogP contribution in [0.1, 0.15) is 13.3 Å². The Morgan fingerprint density at radius 1 is 0.861 bits per heavy atom. The first-order chi connectivity index (χ1) is 17.5. The number of nitrogens with zero attached hydrogens (tertiary/aromatic N) is 4. The SMILES string of the molecule is CCC(=O)Nc1ccc(S(=O)(=O)N2CCN(c3ccc(-c4cccc5ccccc45)nn3)CC2)cc1. The van der Waals surface area contributed by atoms with E-state index in [-0.39, 0.29) is 10.8 Å². The highest BCUT2D eigenvalue weighted by atomic mass is 32.2. The molecule has 0 spiro atoms. The number of hydrogen-bond acceptors (Lipinski definition) is 6. The zero-order valence-electron chi connectivity index (χ0n) is 20.0. The lowest BCUT2D eigenvalue weighted by Crippen LogP contribution is -2.49. The fourth-order valence-corrected chi connectivity index (χ4v) is 5.77. The van der Waals surface area contributed by atoms with Crippen molar-refractivity contribution in [2.75, 3.05) is 36.4 Å². The number of hydrogen-bond donors (Lipinski definition) is 1. The van der Waals surface area contributed by atoms with Gasteiger partial charge in [-0.1, -0.05) is 49.4 Å². The van der Waals surface area contributed by atoms with Crippen molar-refractivity contribution >= 4 is 38.2 Å². The Balaban J connectivity index is 1.25. The number of amides is 1. The summed E-state index contributed by atoms with van der Waals surface area (Å²) >= 11 is 0. The molecule has 8 nitrogen and oxygen atoms in total. The van der Waals surface area contributed by atoms with E-state index < -0.39 is 10.0 Å². The van der Waals surface area contributed by atoms with Gasteiger partial charge in [0.05, 0.1) is 10.6 Å². The first kappa shape index (κ1) is 23.9. The number of carbonyl (C=O) groups excluding carboxylic acids is 1. The van der Waals surface area contributed by atoms with E-state index in [0.717, 1.165) is 27.8 Å². The summed E-state index contributed by atoms with van der Waals surface area (Å²) in [5.41, 5.74) is 2.41. The largest absolute Gasteiger partial charge is 0.352 e. The number of anilines is 2. The van der Waals surface area contributed by atoms with Gasteiger partial charge >= 0.3 is 0 Å². The fourth-order valence-electron chi connectivity index (χ4n) is 4.35. The topological polar surface area (TPSA) is 95.5 Å². The molecule has 0 bridgehead atoms. The van der Waals surface area contributed by atoms with Crippen molar-refractivity contribution in [3.05, 3.63) is 78.9 Å². The van der Waals surface area contributed by atoms with Gasteiger partial charge in [0.1, 0.15) is 0 Å². The van der Waals surface area contributed by atoms with Gasteiger partial charge < -0.3 is 10.2 Å². The van der Waals surface area contributed by atoms with Gasteiger partial charge in [0, 0.05) is 43.9 Å². The molecular weight excluding hydrogens is 474 g/mol. The standard InChI is InChI=1S/C27H27N5O3S/c1-2-27(33)28-21-10-12-22(13-11-21)36(34,35)32-18-16-31(17-19-32)26-15-14-25(29-30-26)24-9-5-7-20-6-3-4-8-23(20)24/h3-15H,2,16-19H2,1H3,(H,28,33). The van der Waals surface area contributed by atoms with E-state index in [1.54, 1.807) is 19.1 Å². The molecule has 0 aliphatic carbocycles. The molecule has 1 aliphatic heterocycles. The molecule has 1 aliphatic rings. The van der Waals surface area contributed by atoms with E-state index in [2.05, 4.69) is 38.6 Å². The molecule has 4 aromatic rings. The average Bonchev–Trinajstić information content (AvgIpc) is 2.93. The lowest BCUT2D eigenvalue weighted by Gasteiger charge is -2.34. The van der Waals surface area contributed by atoms with Crippen LogP contribution in [-0.2, 0) is 14.8 Å². The van der Waals surface area contributed by atoms with E-state index in [9.17, 15) is 13.2 Å². The molecule has 1 N–H and O–H groups in total. The first-order valence-corrected chi connectivity index (χ1v) is 13.4. The summed E-state index contributed by atoms with van der Waals surface area (Å²) < 4.78 is 27.7. The molecule has 184 valence electrons. The van der Waals surface area contributed by atoms with E-state index in [1.807, 2.05) is 36.4 Å². The normalized spacial score (nSPS) is 14.6. The summed E-state index contributed by atoms with van der Waals surface area (Å²) in [6.45, 7) is 3.50. The Labute approximate surface area is 210 Å². The van der Waals surface area contributed by atoms with Gasteiger partial charge in [-0.3, -0.25) is 4.79 Å². The minimum Gasteiger partial charge on any atom is -0.352 e. The quantitative estimate of drug-likeness (QED) is 0.426. The van der Waals surface area contributed by atoms with Crippen molar-refractivity contribution in [3.63, 3.8) is 0 Å². The molecule has 3 aromatic carbocycles. The van der Waals surface area contributed by atoms with Crippen molar-refractivity contribution in [1.82, 2.24) is 14.5 Å². The van der Waals surface area contributed by atoms with Crippen LogP contribution >= 0.6 is 0 Å². The number of carbonyl (C=O) groups is 1. The molecule has 1 aromatic heterocycles. The van der Waals surface area contributed by atoms with Crippen molar-refractivity contribution in [3.8, 4) is 11.3 Å². The van der Waals surface area contributed by atoms with Crippen LogP contribution in [0.15, 0.2) is 83.8 Å². The second-order valence-electron chi connectivity index (χ2n) is 8.62. The smallest absolute Gasteiger partial charge is 0.243 e. The molecule has 0 atom stereocenters. The average molecular weight is 502 g/mol. The number of piperazine rings is 1. The van der Waals surface area contributed by atoms with Crippen LogP contribution in [-0.4, -0.2) is 55.0 Å². The summed E-state index contributed by atoms with van der Waals surface area (Å²) in [6.07, 6.45) is 0.362. The van der Waals surface area contributed by atoms with E-state index in [0.29, 0.717) is 38.3 Å². The molecule has 9 heteroatoms. The van der Waals surface area contributed by atoms with Crippen molar-refractivity contribution in [2.45, 2.75) is 18.2 Å². The maximum absolute atomic E-state index is 13.1. The van der Waals surface area contributed by atoms with Crippen LogP contribution in [0.3, 0.4) is 0 Å². The summed E-state index contributed by atoms with van der Waals surface area (Å²) in [7, 11) is -3.62. The zero-order valence-corrected chi connectivity index (χ0v) is 20.8. The van der Waals surface area contributed by atoms with Crippen LogP contribution in [0.2, 0.25) is 0 Å². The highest BCUT2D eigenvalue weighted by Crippen LogP contribution is 2.28. The van der Waals surface area contributed by atoms with Crippen LogP contribution in [0.25, 0.3) is 22.0 Å². The summed E-state index contributed by atoms with van der Waals surface area (Å²) in [6, 6.07) is 24.5. The first-order valence-electron chi connectivity index (χ1n) is 11.9. The number of sulfonamides is 1. The summed E-state index contributed by atoms with van der Waals surface area (Å²) in [5, 5.41) is 13.9. The molecule has 1 fully saturated rings.